The van der Waals surface area contributed by atoms with E-state index < -0.39 is 24.3 Å². The van der Waals surface area contributed by atoms with Gasteiger partial charge in [-0.3, -0.25) is 9.59 Å². The number of likely N-dealkylation sites (tertiary alicyclic amines) is 2. The van der Waals surface area contributed by atoms with Crippen LogP contribution in [-0.4, -0.2) is 120 Å². The predicted molar refractivity (Wildman–Crippen MR) is 212 cm³/mol. The second kappa shape index (κ2) is 17.6. The Balaban J connectivity index is 0.959. The molecule has 4 aliphatic heterocycles. The molecule has 2 aromatic heterocycles. The minimum absolute atomic E-state index is 0.0333. The lowest BCUT2D eigenvalue weighted by molar-refractivity contribution is -0.137. The van der Waals surface area contributed by atoms with Crippen molar-refractivity contribution in [2.75, 3.05) is 53.7 Å². The number of carbonyl (C=O) groups excluding carboxylic acids is 4. The Labute approximate surface area is 336 Å². The third-order valence-corrected chi connectivity index (χ3v) is 12.3. The minimum atomic E-state index is -0.691. The predicted octanol–water partition coefficient (Wildman–Crippen LogP) is 5.25. The number of fused-ring (bicyclic) bond motifs is 1. The highest BCUT2D eigenvalue weighted by molar-refractivity contribution is 5.90. The van der Waals surface area contributed by atoms with Gasteiger partial charge >= 0.3 is 12.2 Å². The number of imidazole rings is 2. The highest BCUT2D eigenvalue weighted by Gasteiger charge is 2.41. The largest absolute Gasteiger partial charge is 0.453 e. The fraction of sp³-hybridized carbons (Fsp3) is 0.524. The molecule has 58 heavy (non-hydrogen) atoms. The van der Waals surface area contributed by atoms with Gasteiger partial charge in [0.25, 0.3) is 0 Å². The van der Waals surface area contributed by atoms with Gasteiger partial charge in [-0.15, -0.1) is 0 Å². The Morgan fingerprint density at radius 2 is 1.07 bits per heavy atom. The summed E-state index contributed by atoms with van der Waals surface area (Å²) in [5.74, 6) is 1.13. The van der Waals surface area contributed by atoms with Crippen molar-refractivity contribution in [1.82, 2.24) is 40.4 Å². The molecule has 8 rings (SSSR count). The summed E-state index contributed by atoms with van der Waals surface area (Å²) in [6.07, 6.45) is 8.36. The molecule has 4 saturated heterocycles. The maximum atomic E-state index is 14.0. The molecule has 0 spiro atoms. The standard InChI is InChI=1S/C42H52N8O8/c1-55-41(53)47-35(25-11-17-57-18-12-25)39(51)49-15-3-5-33(49)37-43-23-31(45-37)29-9-7-28-22-30(10-8-27(28)21-29)32-24-44-38(46-32)34-6-4-16-50(34)40(52)36(48-42(54)56-2)26-13-19-58-20-14-26/h7-10,21-26,33-36H,3-6,11-20H2,1-2H3,(H,43,45)(H,44,46)(H,47,53)(H,48,54)/t33-,34-,35-,36-/m0/s1. The molecule has 2 aromatic carbocycles. The van der Waals surface area contributed by atoms with Crippen molar-refractivity contribution in [1.29, 1.82) is 0 Å². The van der Waals surface area contributed by atoms with Crippen LogP contribution in [0.2, 0.25) is 0 Å². The number of methoxy groups -OCH3 is 2. The van der Waals surface area contributed by atoms with Gasteiger partial charge in [-0.25, -0.2) is 19.6 Å². The number of benzene rings is 2. The van der Waals surface area contributed by atoms with E-state index in [0.29, 0.717) is 65.2 Å². The molecule has 0 saturated carbocycles. The lowest BCUT2D eigenvalue weighted by atomic mass is 9.90. The Bertz CT molecular complexity index is 1960. The number of H-pyrrole nitrogens is 2. The van der Waals surface area contributed by atoms with Gasteiger partial charge in [-0.1, -0.05) is 24.3 Å². The number of aromatic nitrogens is 4. The molecular formula is C42H52N8O8. The van der Waals surface area contributed by atoms with E-state index in [9.17, 15) is 19.2 Å². The van der Waals surface area contributed by atoms with Gasteiger partial charge in [-0.05, 0) is 86.1 Å². The number of alkyl carbamates (subject to hydrolysis) is 2. The Morgan fingerprint density at radius 3 is 1.47 bits per heavy atom. The van der Waals surface area contributed by atoms with Gasteiger partial charge in [0.15, 0.2) is 0 Å². The van der Waals surface area contributed by atoms with Crippen LogP contribution in [0.25, 0.3) is 33.3 Å². The quantitative estimate of drug-likeness (QED) is 0.165. The number of ether oxygens (including phenoxy) is 4. The van der Waals surface area contributed by atoms with E-state index in [4.69, 9.17) is 28.9 Å². The van der Waals surface area contributed by atoms with E-state index in [1.54, 1.807) is 0 Å². The van der Waals surface area contributed by atoms with E-state index in [2.05, 4.69) is 57.0 Å². The number of hydrogen-bond donors (Lipinski definition) is 4. The molecule has 0 unspecified atom stereocenters. The van der Waals surface area contributed by atoms with Crippen LogP contribution >= 0.6 is 0 Å². The molecule has 16 heteroatoms. The van der Waals surface area contributed by atoms with Crippen molar-refractivity contribution in [3.05, 3.63) is 60.4 Å². The van der Waals surface area contributed by atoms with Crippen LogP contribution in [0.1, 0.15) is 75.1 Å². The Morgan fingerprint density at radius 1 is 0.655 bits per heavy atom. The average molecular weight is 797 g/mol. The summed E-state index contributed by atoms with van der Waals surface area (Å²) in [5.41, 5.74) is 3.64. The number of amides is 4. The topological polar surface area (TPSA) is 193 Å². The van der Waals surface area contributed by atoms with Gasteiger partial charge in [0, 0.05) is 50.6 Å². The summed E-state index contributed by atoms with van der Waals surface area (Å²) >= 11 is 0. The average Bonchev–Trinajstić information content (AvgIpc) is 4.11. The first-order valence-corrected chi connectivity index (χ1v) is 20.4. The Kier molecular flexibility index (Phi) is 11.9. The fourth-order valence-corrected chi connectivity index (χ4v) is 9.11. The number of hydrogen-bond acceptors (Lipinski definition) is 10. The highest BCUT2D eigenvalue weighted by Crippen LogP contribution is 2.36. The monoisotopic (exact) mass is 796 g/mol. The van der Waals surface area contributed by atoms with Crippen LogP contribution in [0, 0.1) is 11.8 Å². The van der Waals surface area contributed by atoms with Crippen LogP contribution in [-0.2, 0) is 28.5 Å². The normalized spacial score (nSPS) is 21.5. The van der Waals surface area contributed by atoms with E-state index >= 15 is 0 Å². The summed E-state index contributed by atoms with van der Waals surface area (Å²) in [4.78, 5) is 72.7. The molecule has 4 amide bonds. The molecule has 4 N–H and O–H groups in total. The van der Waals surface area contributed by atoms with Crippen molar-refractivity contribution in [3.8, 4) is 22.5 Å². The maximum Gasteiger partial charge on any atom is 0.407 e. The van der Waals surface area contributed by atoms with E-state index in [0.717, 1.165) is 70.6 Å². The molecule has 6 heterocycles. The fourth-order valence-electron chi connectivity index (χ4n) is 9.11. The highest BCUT2D eigenvalue weighted by atomic mass is 16.5. The number of nitrogens with one attached hydrogen (secondary N) is 4. The molecule has 16 nitrogen and oxygen atoms in total. The summed E-state index contributed by atoms with van der Waals surface area (Å²) < 4.78 is 20.8. The van der Waals surface area contributed by atoms with Crippen molar-refractivity contribution in [3.63, 3.8) is 0 Å². The van der Waals surface area contributed by atoms with E-state index in [-0.39, 0.29) is 35.7 Å². The summed E-state index contributed by atoms with van der Waals surface area (Å²) in [5, 5.41) is 7.72. The van der Waals surface area contributed by atoms with Crippen molar-refractivity contribution >= 4 is 34.8 Å². The number of aromatic amines is 2. The second-order valence-electron chi connectivity index (χ2n) is 15.6. The van der Waals surface area contributed by atoms with E-state index in [1.807, 2.05) is 22.2 Å². The molecule has 4 fully saturated rings. The SMILES string of the molecule is COC(=O)N[C@H](C(=O)N1CCC[C@H]1c1ncc(-c2ccc3cc(-c4cnc([C@@H]5CCCN5C(=O)[C@@H](NC(=O)OC)C5CCOCC5)[nH]4)ccc3c2)[nH]1)C1CCOCC1. The van der Waals surface area contributed by atoms with Gasteiger partial charge in [0.2, 0.25) is 11.8 Å². The second-order valence-corrected chi connectivity index (χ2v) is 15.6. The van der Waals surface area contributed by atoms with Crippen LogP contribution < -0.4 is 10.6 Å². The van der Waals surface area contributed by atoms with Gasteiger partial charge in [-0.2, -0.15) is 0 Å². The van der Waals surface area contributed by atoms with Crippen molar-refractivity contribution in [2.45, 2.75) is 75.5 Å². The molecule has 4 aromatic rings. The zero-order valence-electron chi connectivity index (χ0n) is 33.0. The zero-order valence-corrected chi connectivity index (χ0v) is 33.0. The van der Waals surface area contributed by atoms with Crippen molar-refractivity contribution < 1.29 is 38.1 Å². The number of nitrogens with zero attached hydrogens (tertiary/aromatic N) is 4. The molecule has 4 atom stereocenters. The van der Waals surface area contributed by atoms with Crippen molar-refractivity contribution in [2.24, 2.45) is 11.8 Å². The van der Waals surface area contributed by atoms with Crippen LogP contribution in [0.15, 0.2) is 48.8 Å². The molecule has 308 valence electrons. The first-order chi connectivity index (χ1) is 28.3. The molecule has 0 aliphatic carbocycles. The lowest BCUT2D eigenvalue weighted by Gasteiger charge is -2.34. The van der Waals surface area contributed by atoms with Crippen LogP contribution in [0.5, 0.6) is 0 Å². The number of carbonyl (C=O) groups is 4. The molecule has 4 aliphatic rings. The number of rotatable bonds is 10. The van der Waals surface area contributed by atoms with Crippen LogP contribution in [0.4, 0.5) is 9.59 Å². The third kappa shape index (κ3) is 8.25. The third-order valence-electron chi connectivity index (χ3n) is 12.3. The summed E-state index contributed by atoms with van der Waals surface area (Å²) in [6, 6.07) is 10.7. The van der Waals surface area contributed by atoms with Gasteiger partial charge in [0.05, 0.1) is 50.1 Å². The smallest absolute Gasteiger partial charge is 0.407 e. The minimum Gasteiger partial charge on any atom is -0.453 e. The first kappa shape index (κ1) is 39.4. The van der Waals surface area contributed by atoms with Gasteiger partial charge in [0.1, 0.15) is 23.7 Å². The van der Waals surface area contributed by atoms with Gasteiger partial charge < -0.3 is 49.3 Å². The molecular weight excluding hydrogens is 745 g/mol. The first-order valence-electron chi connectivity index (χ1n) is 20.4. The van der Waals surface area contributed by atoms with Crippen LogP contribution in [0.3, 0.4) is 0 Å². The summed E-state index contributed by atoms with van der Waals surface area (Å²) in [6.45, 7) is 3.39. The van der Waals surface area contributed by atoms with E-state index in [1.165, 1.54) is 14.2 Å². The Hall–Kier alpha value is -5.48. The molecule has 0 radical (unpaired) electrons. The summed E-state index contributed by atoms with van der Waals surface area (Å²) in [7, 11) is 2.61. The zero-order chi connectivity index (χ0) is 40.2. The lowest BCUT2D eigenvalue weighted by Crippen LogP contribution is -2.53. The molecule has 0 bridgehead atoms. The maximum absolute atomic E-state index is 14.0.